The highest BCUT2D eigenvalue weighted by Gasteiger charge is 2.39. The van der Waals surface area contributed by atoms with Crippen molar-refractivity contribution in [3.05, 3.63) is 70.7 Å². The average molecular weight is 569 g/mol. The molecule has 220 valence electrons. The van der Waals surface area contributed by atoms with E-state index in [0.29, 0.717) is 79.6 Å². The van der Waals surface area contributed by atoms with Gasteiger partial charge in [0.2, 0.25) is 0 Å². The molecule has 0 bridgehead atoms. The molecule has 1 N–H and O–H groups in total. The lowest BCUT2D eigenvalue weighted by atomic mass is 9.93. The second-order valence-corrected chi connectivity index (χ2v) is 9.78. The van der Waals surface area contributed by atoms with E-state index >= 15 is 0 Å². The molecule has 2 aromatic carbocycles. The highest BCUT2D eigenvalue weighted by Crippen LogP contribution is 2.35. The van der Waals surface area contributed by atoms with E-state index in [2.05, 4.69) is 10.2 Å². The van der Waals surface area contributed by atoms with Gasteiger partial charge in [-0.15, -0.1) is 0 Å². The Morgan fingerprint density at radius 1 is 0.976 bits per heavy atom. The Bertz CT molecular complexity index is 1280. The van der Waals surface area contributed by atoms with Crippen molar-refractivity contribution in [1.29, 1.82) is 0 Å². The molecule has 1 unspecified atom stereocenters. The molecule has 2 aliphatic heterocycles. The van der Waals surface area contributed by atoms with E-state index < -0.39 is 17.8 Å². The highest BCUT2D eigenvalue weighted by molar-refractivity contribution is 5.95. The van der Waals surface area contributed by atoms with E-state index in [-0.39, 0.29) is 18.5 Å². The van der Waals surface area contributed by atoms with Crippen molar-refractivity contribution in [3.63, 3.8) is 0 Å². The highest BCUT2D eigenvalue weighted by atomic mass is 19.1. The summed E-state index contributed by atoms with van der Waals surface area (Å²) in [5.41, 5.74) is 1.95. The zero-order valence-corrected chi connectivity index (χ0v) is 23.9. The Balaban J connectivity index is 1.66. The van der Waals surface area contributed by atoms with Gasteiger partial charge in [-0.2, -0.15) is 0 Å². The molecule has 3 amide bonds. The number of hydrogen-bond acceptors (Lipinski definition) is 7. The van der Waals surface area contributed by atoms with Crippen molar-refractivity contribution in [1.82, 2.24) is 20.0 Å². The van der Waals surface area contributed by atoms with Gasteiger partial charge < -0.3 is 24.4 Å². The zero-order chi connectivity index (χ0) is 29.5. The standard InChI is InChI=1S/C30H37FN4O6/c1-5-35-25(19-33-12-7-13-34(15-14-33)28(36)20-8-10-22(31)11-9-20)26(29(37)41-6-2)27(32-30(35)38)21-16-23(39-3)18-24(17-21)40-4/h8-11,16-18,27H,5-7,12-15,19H2,1-4H3,(H,32,38). The Morgan fingerprint density at radius 2 is 1.66 bits per heavy atom. The molecule has 41 heavy (non-hydrogen) atoms. The molecule has 0 saturated carbocycles. The predicted octanol–water partition coefficient (Wildman–Crippen LogP) is 3.59. The first-order valence-corrected chi connectivity index (χ1v) is 13.8. The Hall–Kier alpha value is -4.12. The smallest absolute Gasteiger partial charge is 0.338 e. The molecule has 2 heterocycles. The van der Waals surface area contributed by atoms with Gasteiger partial charge in [0.05, 0.1) is 32.4 Å². The third-order valence-corrected chi connectivity index (χ3v) is 7.30. The lowest BCUT2D eigenvalue weighted by Gasteiger charge is -2.38. The van der Waals surface area contributed by atoms with E-state index in [1.165, 1.54) is 38.5 Å². The van der Waals surface area contributed by atoms with Gasteiger partial charge in [-0.3, -0.25) is 14.6 Å². The number of urea groups is 1. The minimum Gasteiger partial charge on any atom is -0.497 e. The molecule has 0 aromatic heterocycles. The van der Waals surface area contributed by atoms with Gasteiger partial charge in [0.25, 0.3) is 5.91 Å². The number of halogens is 1. The van der Waals surface area contributed by atoms with Crippen LogP contribution in [0.2, 0.25) is 0 Å². The summed E-state index contributed by atoms with van der Waals surface area (Å²) in [6.45, 7) is 6.60. The summed E-state index contributed by atoms with van der Waals surface area (Å²) >= 11 is 0. The normalized spacial score (nSPS) is 18.1. The van der Waals surface area contributed by atoms with Crippen LogP contribution in [0.3, 0.4) is 0 Å². The van der Waals surface area contributed by atoms with E-state index in [0.717, 1.165) is 0 Å². The first kappa shape index (κ1) is 29.9. The van der Waals surface area contributed by atoms with Gasteiger partial charge in [0.15, 0.2) is 0 Å². The zero-order valence-electron chi connectivity index (χ0n) is 23.9. The van der Waals surface area contributed by atoms with Crippen molar-refractivity contribution in [2.75, 3.05) is 60.1 Å². The van der Waals surface area contributed by atoms with Gasteiger partial charge in [-0.05, 0) is 62.2 Å². The van der Waals surface area contributed by atoms with Crippen molar-refractivity contribution in [2.24, 2.45) is 0 Å². The minimum absolute atomic E-state index is 0.155. The molecule has 11 heteroatoms. The van der Waals surface area contributed by atoms with Gasteiger partial charge in [-0.1, -0.05) is 0 Å². The third-order valence-electron chi connectivity index (χ3n) is 7.30. The number of ether oxygens (including phenoxy) is 3. The molecular weight excluding hydrogens is 531 g/mol. The van der Waals surface area contributed by atoms with E-state index in [1.807, 2.05) is 6.92 Å². The third kappa shape index (κ3) is 6.79. The monoisotopic (exact) mass is 568 g/mol. The molecule has 2 aromatic rings. The fraction of sp³-hybridized carbons (Fsp3) is 0.433. The molecule has 1 saturated heterocycles. The van der Waals surface area contributed by atoms with Gasteiger partial charge in [-0.25, -0.2) is 14.0 Å². The molecule has 0 spiro atoms. The number of hydrogen-bond donors (Lipinski definition) is 1. The lowest BCUT2D eigenvalue weighted by molar-refractivity contribution is -0.139. The van der Waals surface area contributed by atoms with E-state index in [1.54, 1.807) is 34.9 Å². The molecule has 1 fully saturated rings. The van der Waals surface area contributed by atoms with Crippen LogP contribution < -0.4 is 14.8 Å². The van der Waals surface area contributed by atoms with Crippen molar-refractivity contribution in [2.45, 2.75) is 26.3 Å². The quantitative estimate of drug-likeness (QED) is 0.462. The topological polar surface area (TPSA) is 101 Å². The van der Waals surface area contributed by atoms with E-state index in [4.69, 9.17) is 14.2 Å². The second-order valence-electron chi connectivity index (χ2n) is 9.78. The fourth-order valence-electron chi connectivity index (χ4n) is 5.22. The fourth-order valence-corrected chi connectivity index (χ4v) is 5.22. The molecule has 10 nitrogen and oxygen atoms in total. The molecule has 0 aliphatic carbocycles. The Morgan fingerprint density at radius 3 is 2.27 bits per heavy atom. The van der Waals surface area contributed by atoms with E-state index in [9.17, 15) is 18.8 Å². The first-order valence-electron chi connectivity index (χ1n) is 13.8. The maximum atomic E-state index is 13.5. The minimum atomic E-state index is -0.785. The van der Waals surface area contributed by atoms with Crippen LogP contribution in [0.4, 0.5) is 9.18 Å². The summed E-state index contributed by atoms with van der Waals surface area (Å²) in [6.07, 6.45) is 0.698. The van der Waals surface area contributed by atoms with Crippen LogP contribution in [-0.4, -0.2) is 92.7 Å². The lowest BCUT2D eigenvalue weighted by Crippen LogP contribution is -2.51. The molecule has 0 radical (unpaired) electrons. The van der Waals surface area contributed by atoms with Gasteiger partial charge in [0.1, 0.15) is 17.3 Å². The maximum absolute atomic E-state index is 13.5. The molecule has 4 rings (SSSR count). The van der Waals surface area contributed by atoms with Crippen molar-refractivity contribution >= 4 is 17.9 Å². The number of carbonyl (C=O) groups excluding carboxylic acids is 3. The molecule has 1 atom stereocenters. The van der Waals surface area contributed by atoms with Crippen molar-refractivity contribution < 1.29 is 33.0 Å². The molecule has 2 aliphatic rings. The first-order chi connectivity index (χ1) is 19.8. The number of nitrogens with zero attached hydrogens (tertiary/aromatic N) is 3. The number of amides is 3. The van der Waals surface area contributed by atoms with Crippen LogP contribution in [-0.2, 0) is 9.53 Å². The SMILES string of the molecule is CCOC(=O)C1=C(CN2CCCN(C(=O)c3ccc(F)cc3)CC2)N(CC)C(=O)NC1c1cc(OC)cc(OC)c1. The van der Waals surface area contributed by atoms with Crippen LogP contribution in [0.1, 0.15) is 42.2 Å². The van der Waals surface area contributed by atoms with Crippen LogP contribution in [0.25, 0.3) is 0 Å². The second kappa shape index (κ2) is 13.5. The number of methoxy groups -OCH3 is 2. The van der Waals surface area contributed by atoms with Crippen LogP contribution in [0.5, 0.6) is 11.5 Å². The largest absolute Gasteiger partial charge is 0.497 e. The Kier molecular flexibility index (Phi) is 9.82. The number of nitrogens with one attached hydrogen (secondary N) is 1. The van der Waals surface area contributed by atoms with Crippen LogP contribution >= 0.6 is 0 Å². The summed E-state index contributed by atoms with van der Waals surface area (Å²) in [4.78, 5) is 45.3. The summed E-state index contributed by atoms with van der Waals surface area (Å²) in [7, 11) is 3.07. The number of rotatable bonds is 9. The van der Waals surface area contributed by atoms with Crippen LogP contribution in [0, 0.1) is 5.82 Å². The maximum Gasteiger partial charge on any atom is 0.338 e. The van der Waals surface area contributed by atoms with Crippen LogP contribution in [0.15, 0.2) is 53.7 Å². The van der Waals surface area contributed by atoms with Gasteiger partial charge in [0, 0.05) is 56.6 Å². The summed E-state index contributed by atoms with van der Waals surface area (Å²) in [5, 5.41) is 2.97. The summed E-state index contributed by atoms with van der Waals surface area (Å²) in [6, 6.07) is 9.67. The number of likely N-dealkylation sites (N-methyl/N-ethyl adjacent to an activating group) is 1. The average Bonchev–Trinajstić information content (AvgIpc) is 3.22. The van der Waals surface area contributed by atoms with Gasteiger partial charge >= 0.3 is 12.0 Å². The Labute approximate surface area is 239 Å². The number of carbonyl (C=O) groups is 3. The summed E-state index contributed by atoms with van der Waals surface area (Å²) < 4.78 is 29.7. The number of esters is 1. The predicted molar refractivity (Wildman–Crippen MR) is 150 cm³/mol. The molecular formula is C30H37FN4O6. The summed E-state index contributed by atoms with van der Waals surface area (Å²) in [5.74, 6) is -0.0189. The van der Waals surface area contributed by atoms with Crippen molar-refractivity contribution in [3.8, 4) is 11.5 Å². The number of benzene rings is 2.